The van der Waals surface area contributed by atoms with Crippen LogP contribution in [0, 0.1) is 0 Å². The van der Waals surface area contributed by atoms with Crippen molar-refractivity contribution in [1.82, 2.24) is 14.8 Å². The molecule has 3 N–H and O–H groups in total. The first-order chi connectivity index (χ1) is 10.1. The number of aryl methyl sites for hydroxylation is 1. The molecule has 1 aliphatic carbocycles. The van der Waals surface area contributed by atoms with E-state index in [1.165, 1.54) is 6.20 Å². The Morgan fingerprint density at radius 2 is 2.14 bits per heavy atom. The number of aliphatic hydroxyl groups is 1. The van der Waals surface area contributed by atoms with E-state index in [4.69, 9.17) is 0 Å². The van der Waals surface area contributed by atoms with Gasteiger partial charge < -0.3 is 15.5 Å². The highest BCUT2D eigenvalue weighted by Gasteiger charge is 2.26. The summed E-state index contributed by atoms with van der Waals surface area (Å²) in [4.78, 5) is 15.6. The highest BCUT2D eigenvalue weighted by molar-refractivity contribution is 6.03. The average Bonchev–Trinajstić information content (AvgIpc) is 2.83. The van der Waals surface area contributed by atoms with E-state index in [-0.39, 0.29) is 11.6 Å². The summed E-state index contributed by atoms with van der Waals surface area (Å²) >= 11 is 0. The number of rotatable bonds is 3. The predicted molar refractivity (Wildman–Crippen MR) is 77.4 cm³/mol. The van der Waals surface area contributed by atoms with Crippen molar-refractivity contribution in [1.29, 1.82) is 0 Å². The molecule has 1 aliphatic rings. The average molecular weight is 290 g/mol. The van der Waals surface area contributed by atoms with Gasteiger partial charge in [-0.1, -0.05) is 12.8 Å². The molecule has 0 amide bonds. The van der Waals surface area contributed by atoms with Crippen molar-refractivity contribution in [2.45, 2.75) is 37.8 Å². The molecule has 0 radical (unpaired) electrons. The maximum absolute atomic E-state index is 11.4. The third kappa shape index (κ3) is 2.44. The van der Waals surface area contributed by atoms with Crippen LogP contribution in [0.3, 0.4) is 0 Å². The number of hydrogen-bond donors (Lipinski definition) is 3. The van der Waals surface area contributed by atoms with Gasteiger partial charge in [-0.3, -0.25) is 4.68 Å². The zero-order chi connectivity index (χ0) is 15.0. The summed E-state index contributed by atoms with van der Waals surface area (Å²) in [6, 6.07) is -0.136. The Labute approximate surface area is 121 Å². The fourth-order valence-corrected chi connectivity index (χ4v) is 2.88. The Morgan fingerprint density at radius 3 is 2.86 bits per heavy atom. The Bertz CT molecular complexity index is 682. The Morgan fingerprint density at radius 1 is 1.38 bits per heavy atom. The van der Waals surface area contributed by atoms with Crippen LogP contribution in [0.25, 0.3) is 11.0 Å². The molecule has 0 aliphatic heterocycles. The van der Waals surface area contributed by atoms with Crippen molar-refractivity contribution in [2.75, 3.05) is 5.32 Å². The lowest BCUT2D eigenvalue weighted by molar-refractivity contribution is 0.0696. The molecule has 21 heavy (non-hydrogen) atoms. The molecule has 0 spiro atoms. The van der Waals surface area contributed by atoms with Crippen LogP contribution in [-0.4, -0.2) is 43.1 Å². The summed E-state index contributed by atoms with van der Waals surface area (Å²) in [5.74, 6) is -1.04. The van der Waals surface area contributed by atoms with Crippen LogP contribution in [0.5, 0.6) is 0 Å². The molecule has 2 atom stereocenters. The lowest BCUT2D eigenvalue weighted by Crippen LogP contribution is -2.36. The predicted octanol–water partition coefficient (Wildman–Crippen LogP) is 1.38. The molecule has 7 nitrogen and oxygen atoms in total. The second-order valence-corrected chi connectivity index (χ2v) is 5.46. The molecule has 2 heterocycles. The van der Waals surface area contributed by atoms with Gasteiger partial charge in [-0.25, -0.2) is 9.78 Å². The van der Waals surface area contributed by atoms with Gasteiger partial charge >= 0.3 is 5.97 Å². The molecule has 3 rings (SSSR count). The SMILES string of the molecule is Cn1ncc2c(NC3CCCCC3O)c(C(=O)O)cnc21. The van der Waals surface area contributed by atoms with Crippen molar-refractivity contribution < 1.29 is 15.0 Å². The van der Waals surface area contributed by atoms with Gasteiger partial charge in [0.15, 0.2) is 5.65 Å². The number of carboxylic acids is 1. The minimum atomic E-state index is -1.04. The van der Waals surface area contributed by atoms with Crippen molar-refractivity contribution in [2.24, 2.45) is 7.05 Å². The van der Waals surface area contributed by atoms with E-state index in [1.54, 1.807) is 17.9 Å². The van der Waals surface area contributed by atoms with E-state index < -0.39 is 12.1 Å². The van der Waals surface area contributed by atoms with Crippen molar-refractivity contribution in [3.8, 4) is 0 Å². The summed E-state index contributed by atoms with van der Waals surface area (Å²) in [7, 11) is 1.76. The molecule has 1 saturated carbocycles. The van der Waals surface area contributed by atoms with E-state index in [2.05, 4.69) is 15.4 Å². The van der Waals surface area contributed by atoms with E-state index in [1.807, 2.05) is 0 Å². The van der Waals surface area contributed by atoms with Gasteiger partial charge in [-0.05, 0) is 12.8 Å². The number of anilines is 1. The number of fused-ring (bicyclic) bond motifs is 1. The second kappa shape index (κ2) is 5.33. The van der Waals surface area contributed by atoms with E-state index in [0.29, 0.717) is 16.7 Å². The largest absolute Gasteiger partial charge is 0.478 e. The van der Waals surface area contributed by atoms with Gasteiger partial charge in [-0.15, -0.1) is 0 Å². The number of carbonyl (C=O) groups is 1. The lowest BCUT2D eigenvalue weighted by Gasteiger charge is -2.29. The number of nitrogens with one attached hydrogen (secondary N) is 1. The van der Waals surface area contributed by atoms with Crippen LogP contribution in [0.1, 0.15) is 36.0 Å². The van der Waals surface area contributed by atoms with E-state index in [0.717, 1.165) is 25.7 Å². The molecule has 2 unspecified atom stereocenters. The third-order valence-electron chi connectivity index (χ3n) is 4.05. The summed E-state index contributed by atoms with van der Waals surface area (Å²) in [5, 5.41) is 27.5. The normalized spacial score (nSPS) is 22.4. The maximum atomic E-state index is 11.4. The topological polar surface area (TPSA) is 100 Å². The highest BCUT2D eigenvalue weighted by atomic mass is 16.4. The zero-order valence-electron chi connectivity index (χ0n) is 11.8. The van der Waals surface area contributed by atoms with Crippen LogP contribution in [-0.2, 0) is 7.05 Å². The van der Waals surface area contributed by atoms with E-state index >= 15 is 0 Å². The number of pyridine rings is 1. The molecule has 0 aromatic carbocycles. The Hall–Kier alpha value is -2.15. The maximum Gasteiger partial charge on any atom is 0.339 e. The summed E-state index contributed by atoms with van der Waals surface area (Å²) in [6.45, 7) is 0. The number of nitrogens with zero attached hydrogens (tertiary/aromatic N) is 3. The fourth-order valence-electron chi connectivity index (χ4n) is 2.88. The number of hydrogen-bond acceptors (Lipinski definition) is 5. The summed E-state index contributed by atoms with van der Waals surface area (Å²) in [5.41, 5.74) is 1.22. The molecule has 2 aromatic heterocycles. The Balaban J connectivity index is 2.05. The standard InChI is InChI=1S/C14H18N4O3/c1-18-13-8(7-16-18)12(9(6-15-13)14(20)21)17-10-4-2-3-5-11(10)19/h6-7,10-11,19H,2-5H2,1H3,(H,15,17)(H,20,21). The van der Waals surface area contributed by atoms with Crippen LogP contribution in [0.15, 0.2) is 12.4 Å². The van der Waals surface area contributed by atoms with Crippen molar-refractivity contribution in [3.05, 3.63) is 18.0 Å². The van der Waals surface area contributed by atoms with Crippen LogP contribution in [0.2, 0.25) is 0 Å². The molecular weight excluding hydrogens is 272 g/mol. The minimum absolute atomic E-state index is 0.105. The smallest absolute Gasteiger partial charge is 0.339 e. The van der Waals surface area contributed by atoms with Gasteiger partial charge in [0.1, 0.15) is 5.56 Å². The molecule has 1 fully saturated rings. The first-order valence-corrected chi connectivity index (χ1v) is 7.06. The first kappa shape index (κ1) is 13.8. The minimum Gasteiger partial charge on any atom is -0.478 e. The lowest BCUT2D eigenvalue weighted by atomic mass is 9.92. The quantitative estimate of drug-likeness (QED) is 0.789. The fraction of sp³-hybridized carbons (Fsp3) is 0.500. The molecule has 7 heteroatoms. The number of aliphatic hydroxyl groups excluding tert-OH is 1. The molecule has 0 bridgehead atoms. The van der Waals surface area contributed by atoms with Gasteiger partial charge in [0.2, 0.25) is 0 Å². The summed E-state index contributed by atoms with van der Waals surface area (Å²) < 4.78 is 1.60. The Kier molecular flexibility index (Phi) is 3.50. The summed E-state index contributed by atoms with van der Waals surface area (Å²) in [6.07, 6.45) is 6.07. The van der Waals surface area contributed by atoms with Crippen LogP contribution >= 0.6 is 0 Å². The molecule has 112 valence electrons. The number of carboxylic acid groups (broad SMARTS) is 1. The van der Waals surface area contributed by atoms with Gasteiger partial charge in [-0.2, -0.15) is 5.10 Å². The number of aromatic carboxylic acids is 1. The van der Waals surface area contributed by atoms with Crippen molar-refractivity contribution in [3.63, 3.8) is 0 Å². The monoisotopic (exact) mass is 290 g/mol. The van der Waals surface area contributed by atoms with E-state index in [9.17, 15) is 15.0 Å². The van der Waals surface area contributed by atoms with Crippen LogP contribution < -0.4 is 5.32 Å². The zero-order valence-corrected chi connectivity index (χ0v) is 11.8. The highest BCUT2D eigenvalue weighted by Crippen LogP contribution is 2.29. The van der Waals surface area contributed by atoms with Crippen molar-refractivity contribution >= 4 is 22.7 Å². The van der Waals surface area contributed by atoms with Gasteiger partial charge in [0, 0.05) is 13.2 Å². The van der Waals surface area contributed by atoms with Gasteiger partial charge in [0.25, 0.3) is 0 Å². The third-order valence-corrected chi connectivity index (χ3v) is 4.05. The molecule has 0 saturated heterocycles. The molecule has 2 aromatic rings. The van der Waals surface area contributed by atoms with Gasteiger partial charge in [0.05, 0.1) is 29.4 Å². The molecular formula is C14H18N4O3. The van der Waals surface area contributed by atoms with Crippen LogP contribution in [0.4, 0.5) is 5.69 Å². The first-order valence-electron chi connectivity index (χ1n) is 7.06. The second-order valence-electron chi connectivity index (χ2n) is 5.46. The number of aromatic nitrogens is 3.